The quantitative estimate of drug-likeness (QED) is 0.561. The molecule has 0 bridgehead atoms. The minimum atomic E-state index is -0.326. The lowest BCUT2D eigenvalue weighted by Crippen LogP contribution is -2.34. The summed E-state index contributed by atoms with van der Waals surface area (Å²) in [5, 5.41) is 14.5. The molecular weight excluding hydrogens is 202 g/mol. The molecule has 0 aromatic rings. The van der Waals surface area contributed by atoms with Crippen LogP contribution in [0.25, 0.3) is 0 Å². The molecule has 2 N–H and O–H groups in total. The predicted molar refractivity (Wildman–Crippen MR) is 64.4 cm³/mol. The Bertz CT molecular complexity index is 305. The molecule has 0 spiro atoms. The lowest BCUT2D eigenvalue weighted by Gasteiger charge is -2.18. The van der Waals surface area contributed by atoms with E-state index in [-0.39, 0.29) is 17.0 Å². The Morgan fingerprint density at radius 3 is 2.38 bits per heavy atom. The van der Waals surface area contributed by atoms with Crippen molar-refractivity contribution in [1.29, 1.82) is 5.26 Å². The van der Waals surface area contributed by atoms with E-state index in [2.05, 4.69) is 10.6 Å². The van der Waals surface area contributed by atoms with Crippen LogP contribution in [0.4, 0.5) is 0 Å². The highest BCUT2D eigenvalue weighted by molar-refractivity contribution is 5.97. The Labute approximate surface area is 97.7 Å². The molecule has 4 heteroatoms. The monoisotopic (exact) mass is 223 g/mol. The van der Waals surface area contributed by atoms with Gasteiger partial charge in [-0.3, -0.25) is 4.79 Å². The maximum absolute atomic E-state index is 11.6. The summed E-state index contributed by atoms with van der Waals surface area (Å²) in [6.45, 7) is 10.5. The lowest BCUT2D eigenvalue weighted by atomic mass is 10.1. The molecule has 0 saturated heterocycles. The van der Waals surface area contributed by atoms with Gasteiger partial charge < -0.3 is 10.6 Å². The molecule has 4 nitrogen and oxygen atoms in total. The van der Waals surface area contributed by atoms with Crippen molar-refractivity contribution in [3.05, 3.63) is 11.8 Å². The third-order valence-corrected chi connectivity index (χ3v) is 1.69. The van der Waals surface area contributed by atoms with Gasteiger partial charge >= 0.3 is 0 Å². The van der Waals surface area contributed by atoms with Crippen LogP contribution in [0.1, 0.15) is 34.6 Å². The van der Waals surface area contributed by atoms with E-state index in [1.807, 2.05) is 40.7 Å². The van der Waals surface area contributed by atoms with E-state index < -0.39 is 0 Å². The Kier molecular flexibility index (Phi) is 5.59. The smallest absolute Gasteiger partial charge is 0.263 e. The number of carbonyl (C=O) groups is 1. The Balaban J connectivity index is 4.39. The second-order valence-electron chi connectivity index (χ2n) is 5.17. The van der Waals surface area contributed by atoms with E-state index in [1.54, 1.807) is 0 Å². The first kappa shape index (κ1) is 14.5. The van der Waals surface area contributed by atoms with E-state index in [9.17, 15) is 4.79 Å². The summed E-state index contributed by atoms with van der Waals surface area (Å²) in [4.78, 5) is 11.6. The number of rotatable bonds is 4. The minimum absolute atomic E-state index is 0.107. The van der Waals surface area contributed by atoms with Crippen LogP contribution in [0.15, 0.2) is 11.8 Å². The summed E-state index contributed by atoms with van der Waals surface area (Å²) in [6, 6.07) is 1.88. The zero-order valence-electron chi connectivity index (χ0n) is 10.7. The molecule has 0 heterocycles. The number of hydrogen-bond acceptors (Lipinski definition) is 3. The summed E-state index contributed by atoms with van der Waals surface area (Å²) < 4.78 is 0. The predicted octanol–water partition coefficient (Wildman–Crippen LogP) is 1.55. The molecule has 0 unspecified atom stereocenters. The summed E-state index contributed by atoms with van der Waals surface area (Å²) in [5.74, 6) is 0.0485. The van der Waals surface area contributed by atoms with Gasteiger partial charge in [0.2, 0.25) is 0 Å². The third kappa shape index (κ3) is 6.88. The molecule has 0 aliphatic rings. The summed E-state index contributed by atoms with van der Waals surface area (Å²) >= 11 is 0. The summed E-state index contributed by atoms with van der Waals surface area (Å²) in [6.07, 6.45) is 1.47. The maximum atomic E-state index is 11.6. The fourth-order valence-electron chi connectivity index (χ4n) is 0.829. The fourth-order valence-corrected chi connectivity index (χ4v) is 0.829. The van der Waals surface area contributed by atoms with Crippen molar-refractivity contribution in [3.63, 3.8) is 0 Å². The number of amides is 1. The summed E-state index contributed by atoms with van der Waals surface area (Å²) in [7, 11) is 0. The fraction of sp³-hybridized carbons (Fsp3) is 0.667. The van der Waals surface area contributed by atoms with Gasteiger partial charge in [0, 0.05) is 18.3 Å². The van der Waals surface area contributed by atoms with E-state index in [4.69, 9.17) is 5.26 Å². The first-order chi connectivity index (χ1) is 7.26. The Morgan fingerprint density at radius 2 is 2.00 bits per heavy atom. The number of nitrogens with one attached hydrogen (secondary N) is 2. The zero-order chi connectivity index (χ0) is 12.8. The van der Waals surface area contributed by atoms with Crippen molar-refractivity contribution >= 4 is 5.91 Å². The molecule has 0 saturated carbocycles. The van der Waals surface area contributed by atoms with Gasteiger partial charge in [0.25, 0.3) is 5.91 Å². The SMILES string of the molecule is CC(C)CNC(=O)/C(C#N)=C\NC(C)(C)C. The largest absolute Gasteiger partial charge is 0.385 e. The topological polar surface area (TPSA) is 64.9 Å². The second-order valence-corrected chi connectivity index (χ2v) is 5.17. The molecule has 0 aromatic carbocycles. The normalized spacial score (nSPS) is 12.2. The first-order valence-electron chi connectivity index (χ1n) is 5.42. The second kappa shape index (κ2) is 6.16. The average molecular weight is 223 g/mol. The van der Waals surface area contributed by atoms with Gasteiger partial charge in [0.05, 0.1) is 0 Å². The third-order valence-electron chi connectivity index (χ3n) is 1.69. The zero-order valence-corrected chi connectivity index (χ0v) is 10.7. The molecular formula is C12H21N3O. The number of hydrogen-bond donors (Lipinski definition) is 2. The molecule has 0 radical (unpaired) electrons. The van der Waals surface area contributed by atoms with Crippen LogP contribution in [0.5, 0.6) is 0 Å². The first-order valence-corrected chi connectivity index (χ1v) is 5.42. The molecule has 0 aromatic heterocycles. The van der Waals surface area contributed by atoms with Gasteiger partial charge in [-0.1, -0.05) is 13.8 Å². The molecule has 0 fully saturated rings. The number of carbonyl (C=O) groups excluding carboxylic acids is 1. The molecule has 16 heavy (non-hydrogen) atoms. The van der Waals surface area contributed by atoms with Crippen molar-refractivity contribution in [3.8, 4) is 6.07 Å². The van der Waals surface area contributed by atoms with Crippen LogP contribution >= 0.6 is 0 Å². The molecule has 0 atom stereocenters. The molecule has 0 aliphatic carbocycles. The highest BCUT2D eigenvalue weighted by Crippen LogP contribution is 2.00. The van der Waals surface area contributed by atoms with Crippen LogP contribution in [-0.4, -0.2) is 18.0 Å². The highest BCUT2D eigenvalue weighted by atomic mass is 16.1. The molecule has 1 amide bonds. The maximum Gasteiger partial charge on any atom is 0.263 e. The van der Waals surface area contributed by atoms with E-state index in [0.29, 0.717) is 12.5 Å². The van der Waals surface area contributed by atoms with E-state index in [0.717, 1.165) is 0 Å². The molecule has 90 valence electrons. The van der Waals surface area contributed by atoms with E-state index in [1.165, 1.54) is 6.20 Å². The van der Waals surface area contributed by atoms with Crippen LogP contribution < -0.4 is 10.6 Å². The van der Waals surface area contributed by atoms with Crippen molar-refractivity contribution < 1.29 is 4.79 Å². The van der Waals surface area contributed by atoms with Crippen LogP contribution in [0.2, 0.25) is 0 Å². The van der Waals surface area contributed by atoms with Crippen LogP contribution in [0.3, 0.4) is 0 Å². The van der Waals surface area contributed by atoms with Gasteiger partial charge in [0.15, 0.2) is 0 Å². The minimum Gasteiger partial charge on any atom is -0.385 e. The van der Waals surface area contributed by atoms with Gasteiger partial charge in [-0.05, 0) is 26.7 Å². The van der Waals surface area contributed by atoms with Gasteiger partial charge in [-0.25, -0.2) is 0 Å². The van der Waals surface area contributed by atoms with Crippen molar-refractivity contribution in [2.24, 2.45) is 5.92 Å². The van der Waals surface area contributed by atoms with Crippen molar-refractivity contribution in [1.82, 2.24) is 10.6 Å². The van der Waals surface area contributed by atoms with Crippen molar-refractivity contribution in [2.75, 3.05) is 6.54 Å². The number of nitriles is 1. The number of nitrogens with zero attached hydrogens (tertiary/aromatic N) is 1. The van der Waals surface area contributed by atoms with Crippen molar-refractivity contribution in [2.45, 2.75) is 40.2 Å². The van der Waals surface area contributed by atoms with Gasteiger partial charge in [-0.15, -0.1) is 0 Å². The molecule has 0 aliphatic heterocycles. The Hall–Kier alpha value is -1.50. The van der Waals surface area contributed by atoms with E-state index >= 15 is 0 Å². The standard InChI is InChI=1S/C12H21N3O/c1-9(2)7-14-11(16)10(6-13)8-15-12(3,4)5/h8-9,15H,7H2,1-5H3,(H,14,16)/b10-8-. The molecule has 0 rings (SSSR count). The average Bonchev–Trinajstić information content (AvgIpc) is 2.13. The highest BCUT2D eigenvalue weighted by Gasteiger charge is 2.11. The van der Waals surface area contributed by atoms with Gasteiger partial charge in [-0.2, -0.15) is 5.26 Å². The van der Waals surface area contributed by atoms with Gasteiger partial charge in [0.1, 0.15) is 11.6 Å². The summed E-state index contributed by atoms with van der Waals surface area (Å²) in [5.41, 5.74) is -0.0453. The Morgan fingerprint density at radius 1 is 1.44 bits per heavy atom. The lowest BCUT2D eigenvalue weighted by molar-refractivity contribution is -0.117. The van der Waals surface area contributed by atoms with Crippen LogP contribution in [0, 0.1) is 17.2 Å². The van der Waals surface area contributed by atoms with Crippen LogP contribution in [-0.2, 0) is 4.79 Å².